The maximum Gasteiger partial charge on any atom is 0.237 e. The Kier molecular flexibility index (Phi) is 4.28. The van der Waals surface area contributed by atoms with Crippen LogP contribution < -0.4 is 9.47 Å². The molecule has 1 aliphatic rings. The molecule has 26 heavy (non-hydrogen) atoms. The zero-order valence-corrected chi connectivity index (χ0v) is 15.5. The molecule has 8 heteroatoms. The standard InChI is InChI=1S/C18H18N4O3S/c1-18(2,3)14-6-7-19-17(20-14)26-9-15-21-16(22-25-15)11-4-5-12-13(8-11)24-10-23-12/h4-8H,9-10H2,1-3H3. The van der Waals surface area contributed by atoms with Crippen molar-refractivity contribution >= 4 is 11.8 Å². The first-order valence-corrected chi connectivity index (χ1v) is 9.16. The Morgan fingerprint density at radius 3 is 2.77 bits per heavy atom. The molecule has 7 nitrogen and oxygen atoms in total. The molecule has 0 spiro atoms. The van der Waals surface area contributed by atoms with Gasteiger partial charge in [0.25, 0.3) is 0 Å². The predicted octanol–water partition coefficient (Wildman–Crippen LogP) is 3.85. The first-order chi connectivity index (χ1) is 12.5. The van der Waals surface area contributed by atoms with Crippen LogP contribution in [-0.4, -0.2) is 26.9 Å². The van der Waals surface area contributed by atoms with E-state index in [-0.39, 0.29) is 12.2 Å². The summed E-state index contributed by atoms with van der Waals surface area (Å²) in [6.07, 6.45) is 1.78. The zero-order valence-electron chi connectivity index (χ0n) is 14.7. The second kappa shape index (κ2) is 6.60. The molecule has 0 fully saturated rings. The third-order valence-corrected chi connectivity index (χ3v) is 4.67. The summed E-state index contributed by atoms with van der Waals surface area (Å²) >= 11 is 1.47. The van der Waals surface area contributed by atoms with E-state index >= 15 is 0 Å². The monoisotopic (exact) mass is 370 g/mol. The van der Waals surface area contributed by atoms with Gasteiger partial charge < -0.3 is 14.0 Å². The molecule has 134 valence electrons. The fourth-order valence-electron chi connectivity index (χ4n) is 2.42. The number of benzene rings is 1. The minimum atomic E-state index is -0.0186. The molecule has 4 rings (SSSR count). The average molecular weight is 370 g/mol. The molecule has 0 saturated heterocycles. The number of thioether (sulfide) groups is 1. The van der Waals surface area contributed by atoms with Crippen LogP contribution in [-0.2, 0) is 11.2 Å². The Bertz CT molecular complexity index is 936. The van der Waals surface area contributed by atoms with Gasteiger partial charge in [0.05, 0.1) is 11.4 Å². The molecule has 2 aromatic heterocycles. The Morgan fingerprint density at radius 1 is 1.08 bits per heavy atom. The van der Waals surface area contributed by atoms with Crippen LogP contribution in [0.15, 0.2) is 40.1 Å². The summed E-state index contributed by atoms with van der Waals surface area (Å²) < 4.78 is 16.0. The van der Waals surface area contributed by atoms with Crippen molar-refractivity contribution in [2.45, 2.75) is 37.1 Å². The Labute approximate surface area is 155 Å². The van der Waals surface area contributed by atoms with Gasteiger partial charge in [0.2, 0.25) is 18.5 Å². The summed E-state index contributed by atoms with van der Waals surface area (Å²) in [6, 6.07) is 7.51. The first-order valence-electron chi connectivity index (χ1n) is 8.18. The molecule has 3 aromatic rings. The molecule has 0 bridgehead atoms. The largest absolute Gasteiger partial charge is 0.454 e. The number of rotatable bonds is 4. The quantitative estimate of drug-likeness (QED) is 0.506. The van der Waals surface area contributed by atoms with E-state index in [1.807, 2.05) is 24.3 Å². The van der Waals surface area contributed by atoms with Gasteiger partial charge in [0.1, 0.15) is 0 Å². The molecule has 0 unspecified atom stereocenters. The van der Waals surface area contributed by atoms with E-state index in [1.54, 1.807) is 6.20 Å². The summed E-state index contributed by atoms with van der Waals surface area (Å²) in [6.45, 7) is 6.61. The van der Waals surface area contributed by atoms with E-state index < -0.39 is 0 Å². The maximum atomic E-state index is 5.38. The topological polar surface area (TPSA) is 83.2 Å². The Balaban J connectivity index is 1.46. The minimum absolute atomic E-state index is 0.0186. The van der Waals surface area contributed by atoms with E-state index in [2.05, 4.69) is 40.9 Å². The Morgan fingerprint density at radius 2 is 1.92 bits per heavy atom. The van der Waals surface area contributed by atoms with Crippen molar-refractivity contribution in [3.8, 4) is 22.9 Å². The van der Waals surface area contributed by atoms with E-state index in [4.69, 9.17) is 14.0 Å². The van der Waals surface area contributed by atoms with Crippen molar-refractivity contribution in [3.05, 3.63) is 42.0 Å². The van der Waals surface area contributed by atoms with Crippen molar-refractivity contribution in [2.75, 3.05) is 6.79 Å². The van der Waals surface area contributed by atoms with Crippen molar-refractivity contribution in [3.63, 3.8) is 0 Å². The summed E-state index contributed by atoms with van der Waals surface area (Å²) in [5.41, 5.74) is 1.80. The van der Waals surface area contributed by atoms with Crippen LogP contribution in [0.3, 0.4) is 0 Å². The van der Waals surface area contributed by atoms with Gasteiger partial charge in [-0.2, -0.15) is 4.98 Å². The smallest absolute Gasteiger partial charge is 0.237 e. The summed E-state index contributed by atoms with van der Waals surface area (Å²) in [5, 5.41) is 4.74. The fraction of sp³-hybridized carbons (Fsp3) is 0.333. The lowest BCUT2D eigenvalue weighted by Gasteiger charge is -2.17. The van der Waals surface area contributed by atoms with Gasteiger partial charge in [-0.3, -0.25) is 0 Å². The van der Waals surface area contributed by atoms with Gasteiger partial charge in [-0.05, 0) is 24.3 Å². The van der Waals surface area contributed by atoms with E-state index in [1.165, 1.54) is 11.8 Å². The molecular formula is C18H18N4O3S. The summed E-state index contributed by atoms with van der Waals surface area (Å²) in [7, 11) is 0. The van der Waals surface area contributed by atoms with Crippen LogP contribution in [0.4, 0.5) is 0 Å². The molecule has 1 aromatic carbocycles. The second-order valence-electron chi connectivity index (χ2n) is 6.84. The number of hydrogen-bond acceptors (Lipinski definition) is 8. The number of aromatic nitrogens is 4. The highest BCUT2D eigenvalue weighted by atomic mass is 32.2. The normalized spacial score (nSPS) is 13.2. The second-order valence-corrected chi connectivity index (χ2v) is 7.79. The molecule has 0 amide bonds. The molecule has 1 aliphatic heterocycles. The van der Waals surface area contributed by atoms with Gasteiger partial charge in [-0.15, -0.1) is 0 Å². The molecule has 0 aliphatic carbocycles. The minimum Gasteiger partial charge on any atom is -0.454 e. The summed E-state index contributed by atoms with van der Waals surface area (Å²) in [5.74, 6) is 2.96. The fourth-order valence-corrected chi connectivity index (χ4v) is 3.09. The van der Waals surface area contributed by atoms with E-state index in [0.29, 0.717) is 28.4 Å². The number of nitrogens with zero attached hydrogens (tertiary/aromatic N) is 4. The van der Waals surface area contributed by atoms with E-state index in [9.17, 15) is 0 Å². The van der Waals surface area contributed by atoms with Crippen LogP contribution in [0.25, 0.3) is 11.4 Å². The van der Waals surface area contributed by atoms with Crippen molar-refractivity contribution in [2.24, 2.45) is 0 Å². The van der Waals surface area contributed by atoms with Gasteiger partial charge in [0, 0.05) is 17.2 Å². The van der Waals surface area contributed by atoms with Crippen LogP contribution >= 0.6 is 11.8 Å². The number of fused-ring (bicyclic) bond motifs is 1. The average Bonchev–Trinajstić information content (AvgIpc) is 3.28. The lowest BCUT2D eigenvalue weighted by Crippen LogP contribution is -2.14. The highest BCUT2D eigenvalue weighted by molar-refractivity contribution is 7.98. The third-order valence-electron chi connectivity index (χ3n) is 3.83. The van der Waals surface area contributed by atoms with Crippen LogP contribution in [0.1, 0.15) is 32.4 Å². The molecule has 3 heterocycles. The van der Waals surface area contributed by atoms with Crippen LogP contribution in [0.5, 0.6) is 11.5 Å². The lowest BCUT2D eigenvalue weighted by atomic mass is 9.92. The van der Waals surface area contributed by atoms with Crippen LogP contribution in [0, 0.1) is 0 Å². The van der Waals surface area contributed by atoms with Gasteiger partial charge in [-0.25, -0.2) is 9.97 Å². The molecular weight excluding hydrogens is 352 g/mol. The summed E-state index contributed by atoms with van der Waals surface area (Å²) in [4.78, 5) is 13.3. The lowest BCUT2D eigenvalue weighted by molar-refractivity contribution is 0.174. The Hall–Kier alpha value is -2.61. The first kappa shape index (κ1) is 16.8. The maximum absolute atomic E-state index is 5.38. The van der Waals surface area contributed by atoms with Crippen molar-refractivity contribution < 1.29 is 14.0 Å². The highest BCUT2D eigenvalue weighted by Crippen LogP contribution is 2.35. The molecule has 0 saturated carbocycles. The SMILES string of the molecule is CC(C)(C)c1ccnc(SCc2nc(-c3ccc4c(c3)OCO4)no2)n1. The van der Waals surface area contributed by atoms with Gasteiger partial charge in [0.15, 0.2) is 16.7 Å². The number of ether oxygens (including phenoxy) is 2. The molecule has 0 radical (unpaired) electrons. The van der Waals surface area contributed by atoms with Crippen molar-refractivity contribution in [1.29, 1.82) is 0 Å². The zero-order chi connectivity index (χ0) is 18.1. The van der Waals surface area contributed by atoms with Crippen molar-refractivity contribution in [1.82, 2.24) is 20.1 Å². The highest BCUT2D eigenvalue weighted by Gasteiger charge is 2.18. The molecule has 0 N–H and O–H groups in total. The third kappa shape index (κ3) is 3.50. The molecule has 0 atom stereocenters. The van der Waals surface area contributed by atoms with Gasteiger partial charge >= 0.3 is 0 Å². The van der Waals surface area contributed by atoms with E-state index in [0.717, 1.165) is 17.0 Å². The van der Waals surface area contributed by atoms with Crippen LogP contribution in [0.2, 0.25) is 0 Å². The predicted molar refractivity (Wildman–Crippen MR) is 96.2 cm³/mol. The van der Waals surface area contributed by atoms with Gasteiger partial charge in [-0.1, -0.05) is 37.7 Å². The number of hydrogen-bond donors (Lipinski definition) is 0.